The van der Waals surface area contributed by atoms with Crippen LogP contribution in [0.5, 0.6) is 0 Å². The molecule has 0 saturated heterocycles. The number of carbonyl (C=O) groups is 1. The van der Waals surface area contributed by atoms with Crippen molar-refractivity contribution in [1.82, 2.24) is 4.98 Å². The molecule has 0 aliphatic heterocycles. The zero-order chi connectivity index (χ0) is 14.3. The second-order valence-corrected chi connectivity index (χ2v) is 7.27. The van der Waals surface area contributed by atoms with Crippen LogP contribution < -0.4 is 0 Å². The predicted octanol–water partition coefficient (Wildman–Crippen LogP) is 5.53. The summed E-state index contributed by atoms with van der Waals surface area (Å²) < 4.78 is 2.76. The molecule has 0 radical (unpaired) electrons. The van der Waals surface area contributed by atoms with E-state index in [0.29, 0.717) is 11.1 Å². The smallest absolute Gasteiger partial charge is 0.196 e. The van der Waals surface area contributed by atoms with Crippen molar-refractivity contribution in [3.05, 3.63) is 66.2 Å². The number of halogens is 3. The maximum Gasteiger partial charge on any atom is 0.196 e. The minimum atomic E-state index is 0.00791. The highest BCUT2D eigenvalue weighted by molar-refractivity contribution is 14.1. The number of aromatic nitrogens is 1. The summed E-state index contributed by atoms with van der Waals surface area (Å²) >= 11 is 9.18. The molecule has 0 atom stereocenters. The van der Waals surface area contributed by atoms with Crippen molar-refractivity contribution in [2.45, 2.75) is 0 Å². The second-order valence-electron chi connectivity index (χ2n) is 4.32. The first-order chi connectivity index (χ1) is 9.58. The Labute approximate surface area is 146 Å². The minimum Gasteiger partial charge on any atom is -0.360 e. The van der Waals surface area contributed by atoms with Gasteiger partial charge in [-0.1, -0.05) is 37.9 Å². The Hall–Kier alpha value is -0.660. The Morgan fingerprint density at radius 2 is 1.85 bits per heavy atom. The second kappa shape index (κ2) is 5.61. The molecule has 2 nitrogen and oxygen atoms in total. The van der Waals surface area contributed by atoms with Crippen molar-refractivity contribution in [3.63, 3.8) is 0 Å². The summed E-state index contributed by atoms with van der Waals surface area (Å²) in [6, 6.07) is 11.6. The van der Waals surface area contributed by atoms with Crippen molar-refractivity contribution in [3.8, 4) is 0 Å². The van der Waals surface area contributed by atoms with Gasteiger partial charge >= 0.3 is 0 Å². The lowest BCUT2D eigenvalue weighted by Crippen LogP contribution is -2.02. The molecule has 3 aromatic rings. The summed E-state index contributed by atoms with van der Waals surface area (Å²) in [4.78, 5) is 15.9. The van der Waals surface area contributed by atoms with Crippen molar-refractivity contribution >= 4 is 71.1 Å². The van der Waals surface area contributed by atoms with E-state index in [1.807, 2.05) is 36.4 Å². The molecule has 20 heavy (non-hydrogen) atoms. The van der Waals surface area contributed by atoms with E-state index >= 15 is 0 Å². The van der Waals surface area contributed by atoms with Crippen LogP contribution in [-0.2, 0) is 0 Å². The van der Waals surface area contributed by atoms with Crippen LogP contribution in [0.15, 0.2) is 51.5 Å². The van der Waals surface area contributed by atoms with Crippen LogP contribution >= 0.6 is 54.5 Å². The van der Waals surface area contributed by atoms with E-state index in [4.69, 9.17) is 0 Å². The van der Waals surface area contributed by atoms with Gasteiger partial charge in [-0.15, -0.1) is 0 Å². The maximum atomic E-state index is 12.8. The van der Waals surface area contributed by atoms with Crippen LogP contribution in [0.4, 0.5) is 0 Å². The van der Waals surface area contributed by atoms with Crippen LogP contribution in [0.2, 0.25) is 0 Å². The molecule has 0 bridgehead atoms. The zero-order valence-electron chi connectivity index (χ0n) is 10.1. The molecular weight excluding hydrogens is 497 g/mol. The van der Waals surface area contributed by atoms with Gasteiger partial charge in [-0.2, -0.15) is 0 Å². The number of aromatic amines is 1. The van der Waals surface area contributed by atoms with Gasteiger partial charge in [-0.25, -0.2) is 0 Å². The fourth-order valence-corrected chi connectivity index (χ4v) is 3.63. The third kappa shape index (κ3) is 2.46. The summed E-state index contributed by atoms with van der Waals surface area (Å²) in [6.45, 7) is 0. The van der Waals surface area contributed by atoms with E-state index in [1.54, 1.807) is 6.20 Å². The van der Waals surface area contributed by atoms with Gasteiger partial charge < -0.3 is 4.98 Å². The molecule has 5 heteroatoms. The molecule has 3 rings (SSSR count). The summed E-state index contributed by atoms with van der Waals surface area (Å²) in [7, 11) is 0. The van der Waals surface area contributed by atoms with Gasteiger partial charge in [0.1, 0.15) is 0 Å². The molecule has 100 valence electrons. The van der Waals surface area contributed by atoms with Crippen molar-refractivity contribution in [1.29, 1.82) is 0 Å². The zero-order valence-corrected chi connectivity index (χ0v) is 15.4. The van der Waals surface area contributed by atoms with Gasteiger partial charge in [0.25, 0.3) is 0 Å². The Morgan fingerprint density at radius 1 is 1.05 bits per heavy atom. The molecule has 1 aromatic heterocycles. The predicted molar refractivity (Wildman–Crippen MR) is 96.3 cm³/mol. The van der Waals surface area contributed by atoms with Crippen LogP contribution in [0, 0.1) is 3.57 Å². The minimum absolute atomic E-state index is 0.00791. The third-order valence-electron chi connectivity index (χ3n) is 3.07. The van der Waals surface area contributed by atoms with Crippen LogP contribution in [0.25, 0.3) is 10.9 Å². The number of ketones is 1. The lowest BCUT2D eigenvalue weighted by Gasteiger charge is -2.04. The number of benzene rings is 2. The summed E-state index contributed by atoms with van der Waals surface area (Å²) in [5, 5.41) is 0.920. The highest BCUT2D eigenvalue weighted by atomic mass is 127. The Kier molecular flexibility index (Phi) is 4.01. The maximum absolute atomic E-state index is 12.8. The van der Waals surface area contributed by atoms with Crippen molar-refractivity contribution < 1.29 is 4.79 Å². The highest BCUT2D eigenvalue weighted by Crippen LogP contribution is 2.30. The summed E-state index contributed by atoms with van der Waals surface area (Å²) in [6.07, 6.45) is 1.77. The average molecular weight is 505 g/mol. The molecule has 2 aromatic carbocycles. The lowest BCUT2D eigenvalue weighted by atomic mass is 10.0. The monoisotopic (exact) mass is 503 g/mol. The molecule has 0 fully saturated rings. The molecule has 0 unspecified atom stereocenters. The van der Waals surface area contributed by atoms with Crippen LogP contribution in [-0.4, -0.2) is 10.8 Å². The number of hydrogen-bond donors (Lipinski definition) is 1. The summed E-state index contributed by atoms with van der Waals surface area (Å²) in [5.74, 6) is 0.00791. The van der Waals surface area contributed by atoms with Crippen molar-refractivity contribution in [2.75, 3.05) is 0 Å². The fraction of sp³-hybridized carbons (Fsp3) is 0. The Morgan fingerprint density at radius 3 is 2.65 bits per heavy atom. The van der Waals surface area contributed by atoms with Gasteiger partial charge in [-0.05, 0) is 52.9 Å². The topological polar surface area (TPSA) is 32.9 Å². The molecule has 0 spiro atoms. The lowest BCUT2D eigenvalue weighted by molar-refractivity contribution is 0.103. The first-order valence-electron chi connectivity index (χ1n) is 5.83. The SMILES string of the molecule is O=C(c1cc(I)ccc1Br)c1c[nH]c2cccc(Br)c12. The van der Waals surface area contributed by atoms with Crippen LogP contribution in [0.1, 0.15) is 15.9 Å². The van der Waals surface area contributed by atoms with E-state index in [0.717, 1.165) is 23.4 Å². The van der Waals surface area contributed by atoms with Gasteiger partial charge in [0.15, 0.2) is 5.78 Å². The van der Waals surface area contributed by atoms with E-state index in [1.165, 1.54) is 0 Å². The highest BCUT2D eigenvalue weighted by Gasteiger charge is 2.18. The number of fused-ring (bicyclic) bond motifs is 1. The van der Waals surface area contributed by atoms with E-state index in [-0.39, 0.29) is 5.78 Å². The van der Waals surface area contributed by atoms with Gasteiger partial charge in [0.05, 0.1) is 0 Å². The first-order valence-corrected chi connectivity index (χ1v) is 8.50. The standard InChI is InChI=1S/C15H8Br2INO/c16-11-5-4-8(18)6-9(11)15(20)10-7-19-13-3-1-2-12(17)14(10)13/h1-7,19H. The molecular formula is C15H8Br2INO. The van der Waals surface area contributed by atoms with Crippen LogP contribution in [0.3, 0.4) is 0 Å². The average Bonchev–Trinajstić information content (AvgIpc) is 2.86. The molecule has 0 saturated carbocycles. The molecule has 1 N–H and O–H groups in total. The Balaban J connectivity index is 2.21. The molecule has 0 amide bonds. The Bertz CT molecular complexity index is 826. The first kappa shape index (κ1) is 14.3. The largest absolute Gasteiger partial charge is 0.360 e. The fourth-order valence-electron chi connectivity index (χ4n) is 2.14. The van der Waals surface area contributed by atoms with E-state index < -0.39 is 0 Å². The van der Waals surface area contributed by atoms with E-state index in [2.05, 4.69) is 59.4 Å². The molecule has 0 aliphatic carbocycles. The molecule has 1 heterocycles. The van der Waals surface area contributed by atoms with Crippen molar-refractivity contribution in [2.24, 2.45) is 0 Å². The van der Waals surface area contributed by atoms with Gasteiger partial charge in [0, 0.05) is 40.7 Å². The summed E-state index contributed by atoms with van der Waals surface area (Å²) in [5.41, 5.74) is 2.30. The number of hydrogen-bond acceptors (Lipinski definition) is 1. The normalized spacial score (nSPS) is 10.9. The van der Waals surface area contributed by atoms with E-state index in [9.17, 15) is 4.79 Å². The quantitative estimate of drug-likeness (QED) is 0.361. The number of carbonyl (C=O) groups excluding carboxylic acids is 1. The molecule has 0 aliphatic rings. The third-order valence-corrected chi connectivity index (χ3v) is 5.10. The van der Waals surface area contributed by atoms with Gasteiger partial charge in [0.2, 0.25) is 0 Å². The number of nitrogens with one attached hydrogen (secondary N) is 1. The van der Waals surface area contributed by atoms with Gasteiger partial charge in [-0.3, -0.25) is 4.79 Å². The number of H-pyrrole nitrogens is 1. The number of rotatable bonds is 2.